The van der Waals surface area contributed by atoms with Gasteiger partial charge in [0.25, 0.3) is 0 Å². The smallest absolute Gasteiger partial charge is 0.305 e. The third-order valence-corrected chi connectivity index (χ3v) is 6.78. The van der Waals surface area contributed by atoms with Gasteiger partial charge in [-0.25, -0.2) is 0 Å². The van der Waals surface area contributed by atoms with E-state index in [1.54, 1.807) is 19.9 Å². The van der Waals surface area contributed by atoms with Crippen LogP contribution in [0.1, 0.15) is 25.0 Å². The Kier molecular flexibility index (Phi) is 8.19. The van der Waals surface area contributed by atoms with Gasteiger partial charge in [0, 0.05) is 16.8 Å². The van der Waals surface area contributed by atoms with E-state index in [2.05, 4.69) is 4.98 Å². The molecule has 0 atom stereocenters. The molecule has 0 bridgehead atoms. The lowest BCUT2D eigenvalue weighted by molar-refractivity contribution is -0.137. The minimum absolute atomic E-state index is 0.111. The molecule has 29 heavy (non-hydrogen) atoms. The Bertz CT molecular complexity index is 957. The molecule has 0 aliphatic carbocycles. The van der Waals surface area contributed by atoms with Crippen LogP contribution in [0.3, 0.4) is 0 Å². The molecule has 0 spiro atoms. The summed E-state index contributed by atoms with van der Waals surface area (Å²) >= 11 is 18.4. The highest BCUT2D eigenvalue weighted by molar-refractivity contribution is 7.61. The van der Waals surface area contributed by atoms with Gasteiger partial charge in [-0.2, -0.15) is 13.2 Å². The molecule has 11 heteroatoms. The van der Waals surface area contributed by atoms with Crippen molar-refractivity contribution in [3.8, 4) is 11.3 Å². The maximum absolute atomic E-state index is 12.8. The predicted molar refractivity (Wildman–Crippen MR) is 109 cm³/mol. The molecule has 158 valence electrons. The van der Waals surface area contributed by atoms with Gasteiger partial charge in [0.15, 0.2) is 0 Å². The quantitative estimate of drug-likeness (QED) is 0.372. The standard InChI is InChI=1S/C18H16Cl3F3NO3P/c1-3-27-29(26,28-4-2)16(21)8-12-7-11(5-6-14(12)19)17-15(20)9-13(10-25-17)18(22,23)24/h5-10H,3-4H2,1-2H3. The van der Waals surface area contributed by atoms with E-state index >= 15 is 0 Å². The van der Waals surface area contributed by atoms with Gasteiger partial charge in [-0.3, -0.25) is 9.55 Å². The zero-order valence-electron chi connectivity index (χ0n) is 15.3. The summed E-state index contributed by atoms with van der Waals surface area (Å²) in [6.07, 6.45) is -2.55. The molecule has 1 heterocycles. The van der Waals surface area contributed by atoms with Gasteiger partial charge >= 0.3 is 13.8 Å². The first-order valence-corrected chi connectivity index (χ1v) is 11.0. The van der Waals surface area contributed by atoms with Crippen molar-refractivity contribution < 1.29 is 26.8 Å². The number of rotatable bonds is 7. The van der Waals surface area contributed by atoms with Crippen LogP contribution in [0.25, 0.3) is 17.3 Å². The fourth-order valence-electron chi connectivity index (χ4n) is 2.31. The van der Waals surface area contributed by atoms with Crippen LogP contribution in [0.4, 0.5) is 13.2 Å². The van der Waals surface area contributed by atoms with Crippen molar-refractivity contribution in [2.75, 3.05) is 13.2 Å². The Balaban J connectivity index is 2.49. The minimum Gasteiger partial charge on any atom is -0.305 e. The van der Waals surface area contributed by atoms with E-state index < -0.39 is 19.3 Å². The molecular weight excluding hydrogens is 473 g/mol. The second-order valence-corrected chi connectivity index (χ2v) is 9.07. The van der Waals surface area contributed by atoms with E-state index in [4.69, 9.17) is 43.9 Å². The number of pyridine rings is 1. The van der Waals surface area contributed by atoms with Gasteiger partial charge in [-0.05, 0) is 43.7 Å². The number of hydrogen-bond acceptors (Lipinski definition) is 4. The summed E-state index contributed by atoms with van der Waals surface area (Å²) in [5.74, 6) is 0. The van der Waals surface area contributed by atoms with Gasteiger partial charge in [-0.15, -0.1) is 0 Å². The molecule has 0 aliphatic heterocycles. The van der Waals surface area contributed by atoms with Crippen LogP contribution in [0.15, 0.2) is 35.2 Å². The lowest BCUT2D eigenvalue weighted by atomic mass is 10.1. The molecule has 2 aromatic rings. The van der Waals surface area contributed by atoms with Crippen molar-refractivity contribution >= 4 is 48.5 Å². The van der Waals surface area contributed by atoms with Crippen LogP contribution in [-0.4, -0.2) is 18.2 Å². The number of alkyl halides is 3. The van der Waals surface area contributed by atoms with Gasteiger partial charge in [0.2, 0.25) is 0 Å². The fraction of sp³-hybridized carbons (Fsp3) is 0.278. The molecule has 0 saturated heterocycles. The van der Waals surface area contributed by atoms with Crippen LogP contribution >= 0.6 is 42.4 Å². The Morgan fingerprint density at radius 1 is 1.14 bits per heavy atom. The Morgan fingerprint density at radius 2 is 1.76 bits per heavy atom. The minimum atomic E-state index is -4.56. The van der Waals surface area contributed by atoms with Gasteiger partial charge in [0.05, 0.1) is 29.5 Å². The topological polar surface area (TPSA) is 48.4 Å². The summed E-state index contributed by atoms with van der Waals surface area (Å²) in [6.45, 7) is 3.50. The van der Waals surface area contributed by atoms with Gasteiger partial charge in [-0.1, -0.05) is 40.9 Å². The molecule has 0 unspecified atom stereocenters. The summed E-state index contributed by atoms with van der Waals surface area (Å²) in [7, 11) is -3.72. The Labute approximate surface area is 181 Å². The van der Waals surface area contributed by atoms with Crippen LogP contribution in [-0.2, 0) is 19.8 Å². The number of hydrogen-bond donors (Lipinski definition) is 0. The van der Waals surface area contributed by atoms with Crippen molar-refractivity contribution in [1.29, 1.82) is 0 Å². The zero-order valence-corrected chi connectivity index (χ0v) is 18.4. The van der Waals surface area contributed by atoms with E-state index in [0.717, 1.165) is 6.07 Å². The first-order valence-electron chi connectivity index (χ1n) is 8.31. The van der Waals surface area contributed by atoms with Crippen molar-refractivity contribution in [2.24, 2.45) is 0 Å². The molecule has 0 amide bonds. The zero-order chi connectivity index (χ0) is 21.8. The van der Waals surface area contributed by atoms with Crippen molar-refractivity contribution in [2.45, 2.75) is 20.0 Å². The fourth-order valence-corrected chi connectivity index (χ4v) is 4.47. The maximum Gasteiger partial charge on any atom is 0.417 e. The van der Waals surface area contributed by atoms with E-state index in [-0.39, 0.29) is 33.7 Å². The SMILES string of the molecule is CCOP(=O)(OCC)C(Cl)=Cc1cc(-c2ncc(C(F)(F)F)cc2Cl)ccc1Cl. The second-order valence-electron chi connectivity index (χ2n) is 5.59. The van der Waals surface area contributed by atoms with E-state index in [1.807, 2.05) is 0 Å². The highest BCUT2D eigenvalue weighted by Crippen LogP contribution is 2.58. The second kappa shape index (κ2) is 9.82. The average molecular weight is 489 g/mol. The number of benzene rings is 1. The highest BCUT2D eigenvalue weighted by Gasteiger charge is 2.32. The lowest BCUT2D eigenvalue weighted by Gasteiger charge is -2.16. The average Bonchev–Trinajstić information content (AvgIpc) is 2.63. The normalized spacial score (nSPS) is 13.0. The number of halogens is 6. The molecule has 1 aromatic carbocycles. The number of nitrogens with zero attached hydrogens (tertiary/aromatic N) is 1. The monoisotopic (exact) mass is 487 g/mol. The summed E-state index contributed by atoms with van der Waals surface area (Å²) in [5, 5.41) is 0.0759. The van der Waals surface area contributed by atoms with Crippen molar-refractivity contribution in [1.82, 2.24) is 4.98 Å². The first kappa shape index (κ1) is 24.2. The molecule has 1 aromatic heterocycles. The summed E-state index contributed by atoms with van der Waals surface area (Å²) in [4.78, 5) is 3.82. The van der Waals surface area contributed by atoms with E-state index in [9.17, 15) is 17.7 Å². The third kappa shape index (κ3) is 5.97. The Morgan fingerprint density at radius 3 is 2.28 bits per heavy atom. The molecule has 0 aliphatic rings. The van der Waals surface area contributed by atoms with Gasteiger partial charge < -0.3 is 9.05 Å². The first-order chi connectivity index (χ1) is 13.5. The number of aromatic nitrogens is 1. The van der Waals surface area contributed by atoms with Crippen LogP contribution < -0.4 is 0 Å². The Hall–Kier alpha value is -1.08. The molecule has 0 radical (unpaired) electrons. The van der Waals surface area contributed by atoms with Gasteiger partial charge in [0.1, 0.15) is 4.77 Å². The molecule has 4 nitrogen and oxygen atoms in total. The molecule has 0 fully saturated rings. The van der Waals surface area contributed by atoms with Crippen LogP contribution in [0.2, 0.25) is 10.0 Å². The summed E-state index contributed by atoms with van der Waals surface area (Å²) < 4.78 is 61.3. The maximum atomic E-state index is 12.8. The van der Waals surface area contributed by atoms with Crippen LogP contribution in [0, 0.1) is 0 Å². The third-order valence-electron chi connectivity index (χ3n) is 3.57. The predicted octanol–water partition coefficient (Wildman–Crippen LogP) is 7.88. The molecule has 0 saturated carbocycles. The highest BCUT2D eigenvalue weighted by atomic mass is 35.5. The largest absolute Gasteiger partial charge is 0.417 e. The van der Waals surface area contributed by atoms with E-state index in [0.29, 0.717) is 17.3 Å². The summed E-state index contributed by atoms with van der Waals surface area (Å²) in [6, 6.07) is 5.34. The molecular formula is C18H16Cl3F3NO3P. The van der Waals surface area contributed by atoms with E-state index in [1.165, 1.54) is 18.2 Å². The molecule has 2 rings (SSSR count). The van der Waals surface area contributed by atoms with Crippen molar-refractivity contribution in [3.05, 3.63) is 56.4 Å². The molecule has 0 N–H and O–H groups in total. The van der Waals surface area contributed by atoms with Crippen molar-refractivity contribution in [3.63, 3.8) is 0 Å². The summed E-state index contributed by atoms with van der Waals surface area (Å²) in [5.41, 5.74) is -0.101. The van der Waals surface area contributed by atoms with Crippen LogP contribution in [0.5, 0.6) is 0 Å². The lowest BCUT2D eigenvalue weighted by Crippen LogP contribution is -2.05.